The zero-order chi connectivity index (χ0) is 11.5. The third-order valence-corrected chi connectivity index (χ3v) is 3.43. The van der Waals surface area contributed by atoms with Crippen LogP contribution in [0.15, 0.2) is 35.2 Å². The van der Waals surface area contributed by atoms with Gasteiger partial charge in [-0.25, -0.2) is 8.42 Å². The highest BCUT2D eigenvalue weighted by Gasteiger charge is 2.21. The summed E-state index contributed by atoms with van der Waals surface area (Å²) in [6, 6.07) is 7.86. The van der Waals surface area contributed by atoms with Crippen molar-refractivity contribution in [3.8, 4) is 0 Å². The number of nitrogens with zero attached hydrogens (tertiary/aromatic N) is 1. The van der Waals surface area contributed by atoms with Gasteiger partial charge in [0, 0.05) is 0 Å². The maximum absolute atomic E-state index is 11.8. The molecule has 0 radical (unpaired) electrons. The molecule has 0 heterocycles. The highest BCUT2D eigenvalue weighted by molar-refractivity contribution is 7.89. The van der Waals surface area contributed by atoms with Crippen LogP contribution in [0.25, 0.3) is 0 Å². The van der Waals surface area contributed by atoms with E-state index in [1.807, 2.05) is 0 Å². The van der Waals surface area contributed by atoms with Crippen molar-refractivity contribution in [1.29, 1.82) is 0 Å². The molecule has 7 heteroatoms. The number of aliphatic hydroxyl groups excluding tert-OH is 1. The van der Waals surface area contributed by atoms with Gasteiger partial charge in [0.2, 0.25) is 0 Å². The fourth-order valence-electron chi connectivity index (χ4n) is 1.09. The summed E-state index contributed by atoms with van der Waals surface area (Å²) in [5.41, 5.74) is 0. The molecule has 0 bridgehead atoms. The number of halogens is 1. The predicted molar refractivity (Wildman–Crippen MR) is 63.5 cm³/mol. The minimum atomic E-state index is -3.68. The summed E-state index contributed by atoms with van der Waals surface area (Å²) in [7, 11) is -3.68. The lowest BCUT2D eigenvalue weighted by Crippen LogP contribution is -2.41. The van der Waals surface area contributed by atoms with Crippen LogP contribution in [-0.2, 0) is 10.0 Å². The van der Waals surface area contributed by atoms with Gasteiger partial charge in [-0.1, -0.05) is 18.2 Å². The van der Waals surface area contributed by atoms with Gasteiger partial charge in [-0.05, 0) is 19.1 Å². The Hall–Kier alpha value is -0.660. The summed E-state index contributed by atoms with van der Waals surface area (Å²) < 4.78 is 24.2. The zero-order valence-corrected chi connectivity index (χ0v) is 10.4. The molecule has 3 N–H and O–H groups in total. The van der Waals surface area contributed by atoms with E-state index in [4.69, 9.17) is 10.9 Å². The van der Waals surface area contributed by atoms with Crippen molar-refractivity contribution in [2.75, 3.05) is 6.54 Å². The van der Waals surface area contributed by atoms with Crippen molar-refractivity contribution in [3.05, 3.63) is 30.3 Å². The summed E-state index contributed by atoms with van der Waals surface area (Å²) in [5, 5.41) is 9.05. The molecule has 0 saturated carbocycles. The monoisotopic (exact) mass is 266 g/mol. The van der Waals surface area contributed by atoms with Gasteiger partial charge in [-0.3, -0.25) is 5.84 Å². The van der Waals surface area contributed by atoms with Crippen LogP contribution < -0.4 is 5.84 Å². The van der Waals surface area contributed by atoms with E-state index in [-0.39, 0.29) is 23.8 Å². The highest BCUT2D eigenvalue weighted by Crippen LogP contribution is 2.11. The maximum atomic E-state index is 11.8. The lowest BCUT2D eigenvalue weighted by molar-refractivity contribution is 0.164. The molecule has 16 heavy (non-hydrogen) atoms. The van der Waals surface area contributed by atoms with Crippen LogP contribution in [0, 0.1) is 0 Å². The maximum Gasteiger partial charge on any atom is 0.255 e. The predicted octanol–water partition coefficient (Wildman–Crippen LogP) is 0.354. The lowest BCUT2D eigenvalue weighted by atomic mass is 10.4. The van der Waals surface area contributed by atoms with Gasteiger partial charge in [-0.2, -0.15) is 0 Å². The van der Waals surface area contributed by atoms with Crippen molar-refractivity contribution in [1.82, 2.24) is 4.41 Å². The third kappa shape index (κ3) is 3.73. The van der Waals surface area contributed by atoms with Crippen molar-refractivity contribution in [2.45, 2.75) is 17.9 Å². The Morgan fingerprint density at radius 1 is 1.38 bits per heavy atom. The Kier molecular flexibility index (Phi) is 5.91. The van der Waals surface area contributed by atoms with E-state index >= 15 is 0 Å². The molecule has 0 aliphatic heterocycles. The van der Waals surface area contributed by atoms with E-state index in [1.165, 1.54) is 19.1 Å². The molecule has 1 atom stereocenters. The SMILES string of the molecule is CC(O)CN(N)S(=O)(=O)c1ccccc1.Cl. The summed E-state index contributed by atoms with van der Waals surface area (Å²) in [6.45, 7) is 1.34. The number of hydrazine groups is 1. The standard InChI is InChI=1S/C9H14N2O3S.ClH/c1-8(12)7-11(10)15(13,14)9-5-3-2-4-6-9;/h2-6,8,12H,7,10H2,1H3;1H. The van der Waals surface area contributed by atoms with E-state index in [9.17, 15) is 8.42 Å². The van der Waals surface area contributed by atoms with Crippen LogP contribution in [0.5, 0.6) is 0 Å². The molecule has 1 aromatic carbocycles. The Balaban J connectivity index is 0.00000225. The number of hydrogen-bond acceptors (Lipinski definition) is 4. The summed E-state index contributed by atoms with van der Waals surface area (Å²) in [4.78, 5) is 0.119. The number of rotatable bonds is 4. The van der Waals surface area contributed by atoms with Crippen molar-refractivity contribution >= 4 is 22.4 Å². The number of sulfonamides is 1. The average Bonchev–Trinajstić information content (AvgIpc) is 2.18. The third-order valence-electron chi connectivity index (χ3n) is 1.79. The molecule has 0 spiro atoms. The second-order valence-electron chi connectivity index (χ2n) is 3.24. The molecule has 0 saturated heterocycles. The van der Waals surface area contributed by atoms with E-state index < -0.39 is 16.1 Å². The van der Waals surface area contributed by atoms with Crippen LogP contribution in [-0.4, -0.2) is 30.6 Å². The quantitative estimate of drug-likeness (QED) is 0.609. The second kappa shape index (κ2) is 6.17. The van der Waals surface area contributed by atoms with Crippen molar-refractivity contribution in [2.24, 2.45) is 5.84 Å². The van der Waals surface area contributed by atoms with Crippen LogP contribution >= 0.6 is 12.4 Å². The molecule has 0 aliphatic rings. The molecule has 1 unspecified atom stereocenters. The lowest BCUT2D eigenvalue weighted by Gasteiger charge is -2.17. The molecular weight excluding hydrogens is 252 g/mol. The molecule has 92 valence electrons. The van der Waals surface area contributed by atoms with Gasteiger partial charge < -0.3 is 5.11 Å². The fraction of sp³-hybridized carbons (Fsp3) is 0.333. The van der Waals surface area contributed by atoms with Gasteiger partial charge in [0.1, 0.15) is 0 Å². The largest absolute Gasteiger partial charge is 0.392 e. The summed E-state index contributed by atoms with van der Waals surface area (Å²) in [5.74, 6) is 5.37. The molecule has 0 aliphatic carbocycles. The molecule has 1 aromatic rings. The van der Waals surface area contributed by atoms with E-state index in [0.29, 0.717) is 4.41 Å². The topological polar surface area (TPSA) is 83.6 Å². The minimum Gasteiger partial charge on any atom is -0.392 e. The number of benzene rings is 1. The van der Waals surface area contributed by atoms with Crippen molar-refractivity contribution < 1.29 is 13.5 Å². The first-order valence-electron chi connectivity index (χ1n) is 4.45. The summed E-state index contributed by atoms with van der Waals surface area (Å²) in [6.07, 6.45) is -0.798. The molecule has 1 rings (SSSR count). The Labute approximate surface area is 101 Å². The van der Waals surface area contributed by atoms with Crippen molar-refractivity contribution in [3.63, 3.8) is 0 Å². The molecule has 0 amide bonds. The van der Waals surface area contributed by atoms with Gasteiger partial charge in [0.05, 0.1) is 17.5 Å². The summed E-state index contributed by atoms with van der Waals surface area (Å²) >= 11 is 0. The Morgan fingerprint density at radius 3 is 2.31 bits per heavy atom. The van der Waals surface area contributed by atoms with Gasteiger partial charge in [-0.15, -0.1) is 16.8 Å². The fourth-order valence-corrected chi connectivity index (χ4v) is 2.27. The number of nitrogens with two attached hydrogens (primary N) is 1. The van der Waals surface area contributed by atoms with Gasteiger partial charge >= 0.3 is 0 Å². The highest BCUT2D eigenvalue weighted by atomic mass is 35.5. The van der Waals surface area contributed by atoms with E-state index in [1.54, 1.807) is 18.2 Å². The van der Waals surface area contributed by atoms with Gasteiger partial charge in [0.25, 0.3) is 10.0 Å². The minimum absolute atomic E-state index is 0. The normalized spacial score (nSPS) is 13.2. The molecular formula is C9H15ClN2O3S. The van der Waals surface area contributed by atoms with E-state index in [0.717, 1.165) is 0 Å². The zero-order valence-electron chi connectivity index (χ0n) is 8.78. The first kappa shape index (κ1) is 15.3. The average molecular weight is 267 g/mol. The van der Waals surface area contributed by atoms with Crippen LogP contribution in [0.2, 0.25) is 0 Å². The molecule has 5 nitrogen and oxygen atoms in total. The first-order valence-corrected chi connectivity index (χ1v) is 5.89. The van der Waals surface area contributed by atoms with Gasteiger partial charge in [0.15, 0.2) is 0 Å². The number of aliphatic hydroxyl groups is 1. The second-order valence-corrected chi connectivity index (χ2v) is 5.13. The van der Waals surface area contributed by atoms with Crippen LogP contribution in [0.3, 0.4) is 0 Å². The van der Waals surface area contributed by atoms with Crippen LogP contribution in [0.4, 0.5) is 0 Å². The van der Waals surface area contributed by atoms with E-state index in [2.05, 4.69) is 0 Å². The Morgan fingerprint density at radius 2 is 1.88 bits per heavy atom. The smallest absolute Gasteiger partial charge is 0.255 e. The number of hydrogen-bond donors (Lipinski definition) is 2. The van der Waals surface area contributed by atoms with Crippen LogP contribution in [0.1, 0.15) is 6.92 Å². The molecule has 0 aromatic heterocycles. The first-order chi connectivity index (χ1) is 6.94. The molecule has 0 fully saturated rings. The Bertz CT molecular complexity index is 408.